The lowest BCUT2D eigenvalue weighted by Gasteiger charge is -2.11. The summed E-state index contributed by atoms with van der Waals surface area (Å²) in [7, 11) is 0. The number of aryl methyl sites for hydroxylation is 1. The number of rotatable bonds is 10. The van der Waals surface area contributed by atoms with Crippen LogP contribution in [-0.2, 0) is 28.9 Å². The van der Waals surface area contributed by atoms with E-state index in [9.17, 15) is 18.8 Å². The van der Waals surface area contributed by atoms with Crippen LogP contribution in [0.15, 0.2) is 52.3 Å². The van der Waals surface area contributed by atoms with Crippen molar-refractivity contribution in [2.45, 2.75) is 44.3 Å². The van der Waals surface area contributed by atoms with Gasteiger partial charge in [-0.25, -0.2) is 14.2 Å². The van der Waals surface area contributed by atoms with Gasteiger partial charge in [0.1, 0.15) is 15.6 Å². The van der Waals surface area contributed by atoms with Crippen molar-refractivity contribution < 1.29 is 18.7 Å². The molecule has 1 aliphatic rings. The maximum Gasteiger partial charge on any atom is 0.341 e. The van der Waals surface area contributed by atoms with Crippen LogP contribution in [0.4, 0.5) is 9.39 Å². The highest BCUT2D eigenvalue weighted by Gasteiger charge is 2.28. The Labute approximate surface area is 236 Å². The van der Waals surface area contributed by atoms with Crippen molar-refractivity contribution in [3.05, 3.63) is 74.5 Å². The molecule has 1 N–H and O–H groups in total. The largest absolute Gasteiger partial charge is 0.462 e. The van der Waals surface area contributed by atoms with Crippen LogP contribution in [0.3, 0.4) is 0 Å². The second-order valence-corrected chi connectivity index (χ2v) is 11.9. The van der Waals surface area contributed by atoms with E-state index < -0.39 is 5.97 Å². The van der Waals surface area contributed by atoms with E-state index in [1.54, 1.807) is 29.7 Å². The van der Waals surface area contributed by atoms with Gasteiger partial charge in [0.25, 0.3) is 5.56 Å². The molecular weight excluding hydrogens is 558 g/mol. The first-order valence-electron chi connectivity index (χ1n) is 12.5. The number of hydrogen-bond acceptors (Lipinski definition) is 8. The number of esters is 1. The predicted octanol–water partition coefficient (Wildman–Crippen LogP) is 6.30. The third-order valence-electron chi connectivity index (χ3n) is 6.34. The highest BCUT2D eigenvalue weighted by molar-refractivity contribution is 7.99. The molecule has 1 aromatic carbocycles. The molecule has 0 atom stereocenters. The summed E-state index contributed by atoms with van der Waals surface area (Å²) < 4.78 is 20.2. The zero-order valence-electron chi connectivity index (χ0n) is 21.3. The quantitative estimate of drug-likeness (QED) is 0.102. The number of halogens is 1. The SMILES string of the molecule is C=CCn1c(SCCC(=O)Nc2sc3c(c2C(=O)OCC)CCC3)nc2scc(-c3ccc(F)cc3)c2c1=O. The van der Waals surface area contributed by atoms with Crippen molar-refractivity contribution in [3.8, 4) is 11.1 Å². The molecule has 5 rings (SSSR count). The number of anilines is 1. The van der Waals surface area contributed by atoms with Crippen molar-refractivity contribution >= 4 is 61.5 Å². The fraction of sp³-hybridized carbons (Fsp3) is 0.286. The van der Waals surface area contributed by atoms with Crippen LogP contribution >= 0.6 is 34.4 Å². The summed E-state index contributed by atoms with van der Waals surface area (Å²) in [5.41, 5.74) is 2.72. The summed E-state index contributed by atoms with van der Waals surface area (Å²) in [4.78, 5) is 45.3. The van der Waals surface area contributed by atoms with Crippen molar-refractivity contribution in [3.63, 3.8) is 0 Å². The highest BCUT2D eigenvalue weighted by Crippen LogP contribution is 2.39. The molecule has 0 saturated heterocycles. The zero-order chi connectivity index (χ0) is 27.5. The molecular formula is C28H26FN3O4S3. The van der Waals surface area contributed by atoms with Crippen molar-refractivity contribution in [1.82, 2.24) is 9.55 Å². The topological polar surface area (TPSA) is 90.3 Å². The van der Waals surface area contributed by atoms with Crippen LogP contribution in [-0.4, -0.2) is 33.8 Å². The fourth-order valence-electron chi connectivity index (χ4n) is 4.58. The van der Waals surface area contributed by atoms with Gasteiger partial charge >= 0.3 is 5.97 Å². The number of benzene rings is 1. The molecule has 0 saturated carbocycles. The number of thioether (sulfide) groups is 1. The Kier molecular flexibility index (Phi) is 8.29. The van der Waals surface area contributed by atoms with Gasteiger partial charge in [-0.15, -0.1) is 29.3 Å². The third kappa shape index (κ3) is 5.57. The zero-order valence-corrected chi connectivity index (χ0v) is 23.7. The van der Waals surface area contributed by atoms with Gasteiger partial charge in [-0.2, -0.15) is 0 Å². The number of nitrogens with zero attached hydrogens (tertiary/aromatic N) is 2. The molecule has 0 aliphatic heterocycles. The van der Waals surface area contributed by atoms with Gasteiger partial charge in [0.2, 0.25) is 5.91 Å². The monoisotopic (exact) mass is 583 g/mol. The van der Waals surface area contributed by atoms with Crippen LogP contribution in [0.1, 0.15) is 40.6 Å². The lowest BCUT2D eigenvalue weighted by Crippen LogP contribution is -2.23. The smallest absolute Gasteiger partial charge is 0.341 e. The lowest BCUT2D eigenvalue weighted by atomic mass is 10.1. The summed E-state index contributed by atoms with van der Waals surface area (Å²) >= 11 is 4.11. The first-order valence-corrected chi connectivity index (χ1v) is 15.2. The molecule has 4 aromatic rings. The number of carbonyl (C=O) groups is 2. The Hall–Kier alpha value is -3.28. The average Bonchev–Trinajstić information content (AvgIpc) is 3.61. The molecule has 0 unspecified atom stereocenters. The third-order valence-corrected chi connectivity index (χ3v) is 9.40. The van der Waals surface area contributed by atoms with Gasteiger partial charge < -0.3 is 10.1 Å². The highest BCUT2D eigenvalue weighted by atomic mass is 32.2. The maximum atomic E-state index is 13.5. The maximum absolute atomic E-state index is 13.5. The molecule has 1 amide bonds. The average molecular weight is 584 g/mol. The number of aromatic nitrogens is 2. The number of allylic oxidation sites excluding steroid dienone is 1. The number of hydrogen-bond donors (Lipinski definition) is 1. The Morgan fingerprint density at radius 3 is 2.82 bits per heavy atom. The van der Waals surface area contributed by atoms with E-state index >= 15 is 0 Å². The number of carbonyl (C=O) groups excluding carboxylic acids is 2. The van der Waals surface area contributed by atoms with Crippen molar-refractivity contribution in [2.75, 3.05) is 17.7 Å². The number of fused-ring (bicyclic) bond motifs is 2. The van der Waals surface area contributed by atoms with Gasteiger partial charge in [-0.1, -0.05) is 30.0 Å². The number of nitrogens with one attached hydrogen (secondary N) is 1. The van der Waals surface area contributed by atoms with Crippen molar-refractivity contribution in [1.29, 1.82) is 0 Å². The molecule has 202 valence electrons. The van der Waals surface area contributed by atoms with Crippen LogP contribution in [0.25, 0.3) is 21.3 Å². The van der Waals surface area contributed by atoms with Crippen molar-refractivity contribution in [2.24, 2.45) is 0 Å². The summed E-state index contributed by atoms with van der Waals surface area (Å²) in [5.74, 6) is -0.579. The van der Waals surface area contributed by atoms with E-state index in [0.29, 0.717) is 37.3 Å². The van der Waals surface area contributed by atoms with Crippen LogP contribution in [0, 0.1) is 5.82 Å². The molecule has 1 aliphatic carbocycles. The number of ether oxygens (including phenoxy) is 1. The van der Waals surface area contributed by atoms with Gasteiger partial charge in [0.15, 0.2) is 5.16 Å². The molecule has 0 bridgehead atoms. The minimum Gasteiger partial charge on any atom is -0.462 e. The number of amides is 1. The molecule has 3 aromatic heterocycles. The van der Waals surface area contributed by atoms with Crippen LogP contribution < -0.4 is 10.9 Å². The van der Waals surface area contributed by atoms with Gasteiger partial charge in [0, 0.05) is 34.5 Å². The first kappa shape index (κ1) is 27.3. The lowest BCUT2D eigenvalue weighted by molar-refractivity contribution is -0.115. The molecule has 0 spiro atoms. The van der Waals surface area contributed by atoms with E-state index in [1.807, 2.05) is 5.38 Å². The molecule has 0 radical (unpaired) electrons. The van der Waals surface area contributed by atoms with E-state index in [2.05, 4.69) is 11.9 Å². The minimum absolute atomic E-state index is 0.169. The second kappa shape index (κ2) is 11.8. The summed E-state index contributed by atoms with van der Waals surface area (Å²) in [5, 5.41) is 6.28. The summed E-state index contributed by atoms with van der Waals surface area (Å²) in [6.45, 7) is 6.07. The Bertz CT molecular complexity index is 1620. The predicted molar refractivity (Wildman–Crippen MR) is 156 cm³/mol. The normalized spacial score (nSPS) is 12.5. The van der Waals surface area contributed by atoms with Gasteiger partial charge in [-0.05, 0) is 49.4 Å². The first-order chi connectivity index (χ1) is 18.9. The van der Waals surface area contributed by atoms with Crippen LogP contribution in [0.5, 0.6) is 0 Å². The standard InChI is InChI=1S/C28H26FN3O4S3/c1-3-13-32-26(34)22-19(16-8-10-17(29)11-9-16)15-38-24(22)31-28(32)37-14-12-21(33)30-25-23(27(35)36-4-2)18-6-5-7-20(18)39-25/h3,8-11,15H,1,4-7,12-14H2,2H3,(H,30,33). The Balaban J connectivity index is 1.33. The van der Waals surface area contributed by atoms with Gasteiger partial charge in [-0.3, -0.25) is 14.2 Å². The van der Waals surface area contributed by atoms with Crippen LogP contribution in [0.2, 0.25) is 0 Å². The van der Waals surface area contributed by atoms with Gasteiger partial charge in [0.05, 0.1) is 17.6 Å². The number of thiophene rings is 2. The molecule has 3 heterocycles. The van der Waals surface area contributed by atoms with E-state index in [1.165, 1.54) is 46.6 Å². The molecule has 39 heavy (non-hydrogen) atoms. The Morgan fingerprint density at radius 1 is 1.28 bits per heavy atom. The second-order valence-electron chi connectivity index (χ2n) is 8.86. The van der Waals surface area contributed by atoms with E-state index in [-0.39, 0.29) is 36.9 Å². The molecule has 7 nitrogen and oxygen atoms in total. The Morgan fingerprint density at radius 2 is 2.08 bits per heavy atom. The van der Waals surface area contributed by atoms with E-state index in [0.717, 1.165) is 35.3 Å². The minimum atomic E-state index is -0.400. The molecule has 0 fully saturated rings. The molecule has 11 heteroatoms. The summed E-state index contributed by atoms with van der Waals surface area (Å²) in [6, 6.07) is 6.02. The fourth-order valence-corrected chi connectivity index (χ4v) is 7.81. The summed E-state index contributed by atoms with van der Waals surface area (Å²) in [6.07, 6.45) is 4.51. The van der Waals surface area contributed by atoms with E-state index in [4.69, 9.17) is 9.72 Å².